The lowest BCUT2D eigenvalue weighted by Crippen LogP contribution is -2.46. The summed E-state index contributed by atoms with van der Waals surface area (Å²) in [5.74, 6) is 2.99. The molecule has 4 rings (SSSR count). The van der Waals surface area contributed by atoms with Gasteiger partial charge in [0.05, 0.1) is 0 Å². The second-order valence-corrected chi connectivity index (χ2v) is 8.01. The van der Waals surface area contributed by atoms with Crippen LogP contribution >= 0.6 is 24.0 Å². The van der Waals surface area contributed by atoms with Gasteiger partial charge in [-0.3, -0.25) is 0 Å². The molecule has 3 aliphatic rings. The second kappa shape index (κ2) is 7.80. The SMILES string of the molecule is Cc1nnc(CN=C(NC2CCCC2)N2CCC3(CCC3)C2)n1C.I. The number of hydrogen-bond acceptors (Lipinski definition) is 3. The summed E-state index contributed by atoms with van der Waals surface area (Å²) >= 11 is 0. The minimum absolute atomic E-state index is 0. The normalized spacial score (nSPS) is 23.0. The predicted molar refractivity (Wildman–Crippen MR) is 110 cm³/mol. The van der Waals surface area contributed by atoms with E-state index >= 15 is 0 Å². The number of aromatic nitrogens is 3. The third kappa shape index (κ3) is 3.95. The molecule has 1 spiro atoms. The highest BCUT2D eigenvalue weighted by Gasteiger charge is 2.43. The van der Waals surface area contributed by atoms with E-state index in [1.807, 2.05) is 18.5 Å². The van der Waals surface area contributed by atoms with Crippen molar-refractivity contribution in [1.29, 1.82) is 0 Å². The van der Waals surface area contributed by atoms with Crippen LogP contribution in [0.15, 0.2) is 4.99 Å². The largest absolute Gasteiger partial charge is 0.353 e. The van der Waals surface area contributed by atoms with Crippen molar-refractivity contribution in [2.75, 3.05) is 13.1 Å². The van der Waals surface area contributed by atoms with Crippen molar-refractivity contribution in [2.24, 2.45) is 17.5 Å². The Kier molecular flexibility index (Phi) is 5.90. The summed E-state index contributed by atoms with van der Waals surface area (Å²) in [7, 11) is 2.02. The van der Waals surface area contributed by atoms with E-state index in [-0.39, 0.29) is 24.0 Å². The van der Waals surface area contributed by atoms with Crippen molar-refractivity contribution in [3.63, 3.8) is 0 Å². The van der Waals surface area contributed by atoms with Crippen molar-refractivity contribution in [3.05, 3.63) is 11.6 Å². The van der Waals surface area contributed by atoms with Crippen LogP contribution in [0.2, 0.25) is 0 Å². The van der Waals surface area contributed by atoms with Crippen molar-refractivity contribution in [1.82, 2.24) is 25.0 Å². The smallest absolute Gasteiger partial charge is 0.194 e. The molecule has 2 saturated carbocycles. The summed E-state index contributed by atoms with van der Waals surface area (Å²) < 4.78 is 2.04. The van der Waals surface area contributed by atoms with E-state index in [2.05, 4.69) is 20.4 Å². The van der Waals surface area contributed by atoms with Crippen molar-refractivity contribution < 1.29 is 0 Å². The third-order valence-corrected chi connectivity index (χ3v) is 6.39. The molecular formula is C18H31IN6. The number of rotatable bonds is 3. The number of aryl methyl sites for hydroxylation is 1. The average Bonchev–Trinajstić information content (AvgIpc) is 3.26. The Hall–Kier alpha value is -0.860. The lowest BCUT2D eigenvalue weighted by atomic mass is 9.68. The van der Waals surface area contributed by atoms with E-state index in [1.165, 1.54) is 57.9 Å². The van der Waals surface area contributed by atoms with Crippen LogP contribution in [0.4, 0.5) is 0 Å². The van der Waals surface area contributed by atoms with Crippen LogP contribution in [0.3, 0.4) is 0 Å². The summed E-state index contributed by atoms with van der Waals surface area (Å²) in [6, 6.07) is 0.600. The minimum Gasteiger partial charge on any atom is -0.353 e. The number of nitrogens with one attached hydrogen (secondary N) is 1. The molecule has 1 aromatic rings. The summed E-state index contributed by atoms with van der Waals surface area (Å²) in [6.07, 6.45) is 10.8. The van der Waals surface area contributed by atoms with E-state index in [4.69, 9.17) is 4.99 Å². The van der Waals surface area contributed by atoms with Gasteiger partial charge in [-0.05, 0) is 44.4 Å². The first-order chi connectivity index (χ1) is 11.7. The predicted octanol–water partition coefficient (Wildman–Crippen LogP) is 3.01. The molecule has 25 heavy (non-hydrogen) atoms. The highest BCUT2D eigenvalue weighted by molar-refractivity contribution is 14.0. The van der Waals surface area contributed by atoms with Crippen molar-refractivity contribution in [2.45, 2.75) is 70.9 Å². The van der Waals surface area contributed by atoms with E-state index in [0.717, 1.165) is 24.2 Å². The molecule has 7 heteroatoms. The van der Waals surface area contributed by atoms with Gasteiger partial charge in [0.15, 0.2) is 11.8 Å². The molecule has 2 aliphatic carbocycles. The van der Waals surface area contributed by atoms with Gasteiger partial charge in [0.25, 0.3) is 0 Å². The zero-order valence-corrected chi connectivity index (χ0v) is 17.8. The minimum atomic E-state index is 0. The molecule has 3 fully saturated rings. The molecule has 1 aliphatic heterocycles. The maximum Gasteiger partial charge on any atom is 0.194 e. The lowest BCUT2D eigenvalue weighted by Gasteiger charge is -2.38. The first-order valence-corrected chi connectivity index (χ1v) is 9.56. The van der Waals surface area contributed by atoms with Gasteiger partial charge in [0, 0.05) is 26.2 Å². The van der Waals surface area contributed by atoms with Gasteiger partial charge in [0.1, 0.15) is 12.4 Å². The van der Waals surface area contributed by atoms with Crippen LogP contribution in [-0.4, -0.2) is 44.8 Å². The van der Waals surface area contributed by atoms with Crippen LogP contribution in [-0.2, 0) is 13.6 Å². The highest BCUT2D eigenvalue weighted by atomic mass is 127. The van der Waals surface area contributed by atoms with Crippen molar-refractivity contribution in [3.8, 4) is 0 Å². The van der Waals surface area contributed by atoms with Crippen molar-refractivity contribution >= 4 is 29.9 Å². The van der Waals surface area contributed by atoms with Crippen LogP contribution in [0.5, 0.6) is 0 Å². The maximum atomic E-state index is 4.95. The highest BCUT2D eigenvalue weighted by Crippen LogP contribution is 2.47. The molecule has 1 N–H and O–H groups in total. The number of halogens is 1. The standard InChI is InChI=1S/C18H30N6.HI/c1-14-21-22-16(23(14)2)12-19-17(20-15-6-3-4-7-15)24-11-10-18(13-24)8-5-9-18;/h15H,3-13H2,1-2H3,(H,19,20);1H. The molecule has 0 atom stereocenters. The van der Waals surface area contributed by atoms with Crippen LogP contribution < -0.4 is 5.32 Å². The number of hydrogen-bond donors (Lipinski definition) is 1. The van der Waals surface area contributed by atoms with Crippen LogP contribution in [0.1, 0.15) is 63.0 Å². The lowest BCUT2D eigenvalue weighted by molar-refractivity contribution is 0.151. The van der Waals surface area contributed by atoms with Crippen LogP contribution in [0, 0.1) is 12.3 Å². The Bertz CT molecular complexity index is 615. The molecule has 0 radical (unpaired) electrons. The fourth-order valence-corrected chi connectivity index (χ4v) is 4.42. The van der Waals surface area contributed by atoms with Gasteiger partial charge in [-0.1, -0.05) is 19.3 Å². The fourth-order valence-electron chi connectivity index (χ4n) is 4.42. The molecule has 0 amide bonds. The summed E-state index contributed by atoms with van der Waals surface area (Å²) in [4.78, 5) is 7.45. The Morgan fingerprint density at radius 2 is 1.96 bits per heavy atom. The zero-order valence-electron chi connectivity index (χ0n) is 15.5. The molecule has 140 valence electrons. The summed E-state index contributed by atoms with van der Waals surface area (Å²) in [6.45, 7) is 4.93. The number of likely N-dealkylation sites (tertiary alicyclic amines) is 1. The Morgan fingerprint density at radius 1 is 1.20 bits per heavy atom. The summed E-state index contributed by atoms with van der Waals surface area (Å²) in [5, 5.41) is 12.2. The molecule has 0 unspecified atom stereocenters. The fraction of sp³-hybridized carbons (Fsp3) is 0.833. The van der Waals surface area contributed by atoms with Gasteiger partial charge in [-0.15, -0.1) is 34.2 Å². The van der Waals surface area contributed by atoms with E-state index in [0.29, 0.717) is 18.0 Å². The zero-order chi connectivity index (χ0) is 16.6. The summed E-state index contributed by atoms with van der Waals surface area (Å²) in [5.41, 5.74) is 0.597. The average molecular weight is 458 g/mol. The quantitative estimate of drug-likeness (QED) is 0.430. The van der Waals surface area contributed by atoms with E-state index in [1.54, 1.807) is 0 Å². The monoisotopic (exact) mass is 458 g/mol. The molecule has 0 bridgehead atoms. The first-order valence-electron chi connectivity index (χ1n) is 9.56. The van der Waals surface area contributed by atoms with Gasteiger partial charge in [-0.25, -0.2) is 4.99 Å². The van der Waals surface area contributed by atoms with Gasteiger partial charge in [-0.2, -0.15) is 0 Å². The van der Waals surface area contributed by atoms with Gasteiger partial charge < -0.3 is 14.8 Å². The molecule has 1 aromatic heterocycles. The molecule has 2 heterocycles. The topological polar surface area (TPSA) is 58.3 Å². The molecule has 1 saturated heterocycles. The molecular weight excluding hydrogens is 427 g/mol. The number of nitrogens with zero attached hydrogens (tertiary/aromatic N) is 5. The first kappa shape index (κ1) is 18.9. The Morgan fingerprint density at radius 3 is 2.52 bits per heavy atom. The molecule has 6 nitrogen and oxygen atoms in total. The Labute approximate surface area is 167 Å². The maximum absolute atomic E-state index is 4.95. The molecule has 0 aromatic carbocycles. The van der Waals surface area contributed by atoms with Crippen LogP contribution in [0.25, 0.3) is 0 Å². The number of guanidine groups is 1. The Balaban J connectivity index is 0.00000182. The third-order valence-electron chi connectivity index (χ3n) is 6.39. The van der Waals surface area contributed by atoms with E-state index in [9.17, 15) is 0 Å². The number of aliphatic imine (C=N–C) groups is 1. The van der Waals surface area contributed by atoms with Gasteiger partial charge in [0.2, 0.25) is 0 Å². The van der Waals surface area contributed by atoms with Gasteiger partial charge >= 0.3 is 0 Å². The van der Waals surface area contributed by atoms with E-state index < -0.39 is 0 Å². The second-order valence-electron chi connectivity index (χ2n) is 8.01.